The third-order valence-corrected chi connectivity index (χ3v) is 3.48. The second kappa shape index (κ2) is 6.34. The molecule has 2 heterocycles. The number of hydrogen-bond acceptors (Lipinski definition) is 4. The quantitative estimate of drug-likeness (QED) is 0.784. The molecule has 0 spiro atoms. The van der Waals surface area contributed by atoms with Crippen LogP contribution in [0, 0.1) is 0 Å². The Morgan fingerprint density at radius 3 is 2.52 bits per heavy atom. The van der Waals surface area contributed by atoms with E-state index in [2.05, 4.69) is 15.3 Å². The van der Waals surface area contributed by atoms with E-state index >= 15 is 0 Å². The molecule has 0 aliphatic heterocycles. The van der Waals surface area contributed by atoms with Crippen molar-refractivity contribution in [2.45, 2.75) is 12.7 Å². The Balaban J connectivity index is 2.03. The number of rotatable bonds is 4. The lowest BCUT2D eigenvalue weighted by molar-refractivity contribution is -0.137. The summed E-state index contributed by atoms with van der Waals surface area (Å²) in [7, 11) is 0. The lowest BCUT2D eigenvalue weighted by atomic mass is 10.1. The molecule has 3 aromatic rings. The van der Waals surface area contributed by atoms with E-state index in [1.54, 1.807) is 12.1 Å². The molecule has 0 saturated heterocycles. The second-order valence-electron chi connectivity index (χ2n) is 5.18. The van der Waals surface area contributed by atoms with Crippen molar-refractivity contribution in [1.29, 1.82) is 0 Å². The van der Waals surface area contributed by atoms with Crippen molar-refractivity contribution in [3.63, 3.8) is 0 Å². The number of alkyl halides is 3. The molecule has 0 aliphatic carbocycles. The normalized spacial score (nSPS) is 11.5. The van der Waals surface area contributed by atoms with E-state index in [4.69, 9.17) is 0 Å². The molecule has 0 unspecified atom stereocenters. The Morgan fingerprint density at radius 2 is 1.88 bits per heavy atom. The van der Waals surface area contributed by atoms with Crippen LogP contribution in [0.5, 0.6) is 0 Å². The first kappa shape index (κ1) is 16.6. The number of pyridine rings is 1. The number of nitrogens with zero attached hydrogens (tertiary/aromatic N) is 4. The molecule has 9 heteroatoms. The van der Waals surface area contributed by atoms with E-state index in [0.717, 1.165) is 12.1 Å². The standard InChI is InChI=1S/C16H11F3N4O2/c17-16(18,19)12-3-1-2-10(8-12)9-23-14(11-4-6-20-7-5-11)13(15(24)25)21-22-23/h1-8H,9H2,(H,24,25). The Morgan fingerprint density at radius 1 is 1.16 bits per heavy atom. The molecule has 0 saturated carbocycles. The number of carbonyl (C=O) groups is 1. The monoisotopic (exact) mass is 348 g/mol. The van der Waals surface area contributed by atoms with Gasteiger partial charge in [0, 0.05) is 18.0 Å². The number of halogens is 3. The average Bonchev–Trinajstić information content (AvgIpc) is 2.99. The number of carboxylic acids is 1. The first-order valence-corrected chi connectivity index (χ1v) is 7.09. The molecule has 25 heavy (non-hydrogen) atoms. The van der Waals surface area contributed by atoms with Gasteiger partial charge in [0.05, 0.1) is 12.1 Å². The fraction of sp³-hybridized carbons (Fsp3) is 0.125. The zero-order valence-electron chi connectivity index (χ0n) is 12.6. The molecule has 128 valence electrons. The molecule has 2 aromatic heterocycles. The predicted molar refractivity (Wildman–Crippen MR) is 80.8 cm³/mol. The summed E-state index contributed by atoms with van der Waals surface area (Å²) < 4.78 is 39.8. The van der Waals surface area contributed by atoms with Gasteiger partial charge in [-0.25, -0.2) is 9.48 Å². The fourth-order valence-electron chi connectivity index (χ4n) is 2.38. The zero-order chi connectivity index (χ0) is 18.0. The van der Waals surface area contributed by atoms with Gasteiger partial charge in [0.2, 0.25) is 0 Å². The first-order chi connectivity index (χ1) is 11.9. The van der Waals surface area contributed by atoms with Crippen molar-refractivity contribution in [2.75, 3.05) is 0 Å². The highest BCUT2D eigenvalue weighted by Crippen LogP contribution is 2.30. The molecule has 3 rings (SSSR count). The highest BCUT2D eigenvalue weighted by Gasteiger charge is 2.30. The first-order valence-electron chi connectivity index (χ1n) is 7.09. The van der Waals surface area contributed by atoms with Crippen molar-refractivity contribution in [3.8, 4) is 11.3 Å². The Hall–Kier alpha value is -3.23. The maximum Gasteiger partial charge on any atom is 0.416 e. The van der Waals surface area contributed by atoms with Crippen LogP contribution in [0.2, 0.25) is 0 Å². The minimum atomic E-state index is -4.46. The highest BCUT2D eigenvalue weighted by molar-refractivity contribution is 5.92. The largest absolute Gasteiger partial charge is 0.476 e. The van der Waals surface area contributed by atoms with Gasteiger partial charge < -0.3 is 5.11 Å². The van der Waals surface area contributed by atoms with Crippen LogP contribution >= 0.6 is 0 Å². The van der Waals surface area contributed by atoms with Crippen molar-refractivity contribution in [2.24, 2.45) is 0 Å². The van der Waals surface area contributed by atoms with E-state index in [1.165, 1.54) is 29.2 Å². The maximum absolute atomic E-state index is 12.8. The van der Waals surface area contributed by atoms with E-state index in [1.807, 2.05) is 0 Å². The van der Waals surface area contributed by atoms with E-state index in [0.29, 0.717) is 11.1 Å². The predicted octanol–water partition coefficient (Wildman–Crippen LogP) is 3.11. The smallest absolute Gasteiger partial charge is 0.416 e. The van der Waals surface area contributed by atoms with Gasteiger partial charge in [-0.05, 0) is 29.8 Å². The number of aromatic nitrogens is 4. The van der Waals surface area contributed by atoms with Crippen LogP contribution < -0.4 is 0 Å². The Labute approximate surface area is 139 Å². The van der Waals surface area contributed by atoms with Gasteiger partial charge in [0.1, 0.15) is 5.69 Å². The van der Waals surface area contributed by atoms with Crippen molar-refractivity contribution < 1.29 is 23.1 Å². The zero-order valence-corrected chi connectivity index (χ0v) is 12.6. The van der Waals surface area contributed by atoms with Crippen molar-refractivity contribution in [3.05, 3.63) is 65.6 Å². The molecule has 1 aromatic carbocycles. The van der Waals surface area contributed by atoms with Gasteiger partial charge >= 0.3 is 12.1 Å². The van der Waals surface area contributed by atoms with Crippen molar-refractivity contribution >= 4 is 5.97 Å². The molecular formula is C16H11F3N4O2. The molecule has 0 bridgehead atoms. The van der Waals surface area contributed by atoms with Crippen LogP contribution in [0.25, 0.3) is 11.3 Å². The summed E-state index contributed by atoms with van der Waals surface area (Å²) in [5.41, 5.74) is -0.0316. The van der Waals surface area contributed by atoms with E-state index < -0.39 is 17.7 Å². The summed E-state index contributed by atoms with van der Waals surface area (Å²) in [5, 5.41) is 16.7. The summed E-state index contributed by atoms with van der Waals surface area (Å²) in [4.78, 5) is 15.2. The van der Waals surface area contributed by atoms with E-state index in [9.17, 15) is 23.1 Å². The third-order valence-electron chi connectivity index (χ3n) is 3.48. The van der Waals surface area contributed by atoms with Crippen LogP contribution in [0.15, 0.2) is 48.8 Å². The Kier molecular flexibility index (Phi) is 4.22. The third kappa shape index (κ3) is 3.49. The van der Waals surface area contributed by atoms with E-state index in [-0.39, 0.29) is 17.9 Å². The molecule has 0 fully saturated rings. The lowest BCUT2D eigenvalue weighted by Crippen LogP contribution is -2.09. The maximum atomic E-state index is 12.8. The summed E-state index contributed by atoms with van der Waals surface area (Å²) in [6, 6.07) is 7.92. The van der Waals surface area contributed by atoms with Gasteiger partial charge in [-0.1, -0.05) is 17.3 Å². The summed E-state index contributed by atoms with van der Waals surface area (Å²) in [5.74, 6) is -1.28. The number of hydrogen-bond donors (Lipinski definition) is 1. The van der Waals surface area contributed by atoms with Gasteiger partial charge in [-0.3, -0.25) is 4.98 Å². The fourth-order valence-corrected chi connectivity index (χ4v) is 2.38. The lowest BCUT2D eigenvalue weighted by Gasteiger charge is -2.10. The molecular weight excluding hydrogens is 337 g/mol. The summed E-state index contributed by atoms with van der Waals surface area (Å²) in [6.07, 6.45) is -1.51. The summed E-state index contributed by atoms with van der Waals surface area (Å²) >= 11 is 0. The van der Waals surface area contributed by atoms with Gasteiger partial charge in [0.25, 0.3) is 0 Å². The molecule has 0 radical (unpaired) electrons. The highest BCUT2D eigenvalue weighted by atomic mass is 19.4. The minimum Gasteiger partial charge on any atom is -0.476 e. The van der Waals surface area contributed by atoms with Crippen LogP contribution in [0.1, 0.15) is 21.6 Å². The average molecular weight is 348 g/mol. The van der Waals surface area contributed by atoms with Gasteiger partial charge in [-0.2, -0.15) is 13.2 Å². The molecule has 0 amide bonds. The molecule has 0 atom stereocenters. The SMILES string of the molecule is O=C(O)c1nnn(Cc2cccc(C(F)(F)F)c2)c1-c1ccncc1. The van der Waals surface area contributed by atoms with Crippen LogP contribution in [-0.4, -0.2) is 31.1 Å². The molecule has 6 nitrogen and oxygen atoms in total. The minimum absolute atomic E-state index is 0.0537. The number of benzene rings is 1. The molecule has 1 N–H and O–H groups in total. The van der Waals surface area contributed by atoms with Gasteiger partial charge in [0.15, 0.2) is 5.69 Å². The summed E-state index contributed by atoms with van der Waals surface area (Å²) in [6.45, 7) is -0.0537. The van der Waals surface area contributed by atoms with Gasteiger partial charge in [-0.15, -0.1) is 5.10 Å². The van der Waals surface area contributed by atoms with Crippen LogP contribution in [0.4, 0.5) is 13.2 Å². The molecule has 0 aliphatic rings. The number of aromatic carboxylic acids is 1. The number of carboxylic acid groups (broad SMARTS) is 1. The van der Waals surface area contributed by atoms with Crippen LogP contribution in [0.3, 0.4) is 0 Å². The van der Waals surface area contributed by atoms with Crippen molar-refractivity contribution in [1.82, 2.24) is 20.0 Å². The Bertz CT molecular complexity index is 907. The topological polar surface area (TPSA) is 80.9 Å². The van der Waals surface area contributed by atoms with Crippen LogP contribution in [-0.2, 0) is 12.7 Å². The second-order valence-corrected chi connectivity index (χ2v) is 5.18.